The van der Waals surface area contributed by atoms with Gasteiger partial charge in [0.1, 0.15) is 0 Å². The molecule has 0 bridgehead atoms. The van der Waals surface area contributed by atoms with Crippen molar-refractivity contribution >= 4 is 36.8 Å². The monoisotopic (exact) mass is 205 g/mol. The van der Waals surface area contributed by atoms with E-state index in [1.54, 1.807) is 11.4 Å². The van der Waals surface area contributed by atoms with Gasteiger partial charge in [-0.05, 0) is 5.60 Å². The predicted molar refractivity (Wildman–Crippen MR) is 57.3 cm³/mol. The Morgan fingerprint density at radius 1 is 1.45 bits per heavy atom. The molecule has 11 heavy (non-hydrogen) atoms. The molecule has 0 atom stereocenters. The first-order valence-electron chi connectivity index (χ1n) is 3.06. The average molecular weight is 206 g/mol. The standard InChI is InChI=1S/C6H10BCl2NSi/c1-4-11(9,5-2)10-6(3)7-8/h4-5,7,10H,1-3H2. The van der Waals surface area contributed by atoms with Crippen LogP contribution < -0.4 is 4.98 Å². The minimum Gasteiger partial charge on any atom is -0.403 e. The maximum atomic E-state index is 6.05. The van der Waals surface area contributed by atoms with E-state index in [1.807, 2.05) is 0 Å². The smallest absolute Gasteiger partial charge is 0.301 e. The first-order chi connectivity index (χ1) is 5.08. The van der Waals surface area contributed by atoms with Gasteiger partial charge in [0, 0.05) is 0 Å². The van der Waals surface area contributed by atoms with Crippen molar-refractivity contribution < 1.29 is 0 Å². The van der Waals surface area contributed by atoms with Crippen LogP contribution in [-0.2, 0) is 0 Å². The number of hydrogen-bond acceptors (Lipinski definition) is 1. The molecule has 1 N–H and O–H groups in total. The second-order valence-electron chi connectivity index (χ2n) is 2.04. The Balaban J connectivity index is 4.18. The van der Waals surface area contributed by atoms with Gasteiger partial charge in [0.25, 0.3) is 6.69 Å². The van der Waals surface area contributed by atoms with Gasteiger partial charge in [-0.2, -0.15) is 11.5 Å². The molecule has 60 valence electrons. The lowest BCUT2D eigenvalue weighted by Gasteiger charge is -2.18. The second-order valence-corrected chi connectivity index (χ2v) is 6.78. The number of nitrogens with one attached hydrogen (secondary N) is 1. The summed E-state index contributed by atoms with van der Waals surface area (Å²) < 4.78 is 0. The SMILES string of the molecule is C=C[Si](Cl)(C=C)NC(=C)BCl. The molecular formula is C6H10BCl2NSi. The minimum atomic E-state index is -2.22. The molecule has 1 nitrogen and oxygen atoms in total. The second kappa shape index (κ2) is 4.70. The van der Waals surface area contributed by atoms with Gasteiger partial charge >= 0.3 is 7.55 Å². The fourth-order valence-electron chi connectivity index (χ4n) is 0.490. The normalized spacial score (nSPS) is 10.0. The van der Waals surface area contributed by atoms with Crippen molar-refractivity contribution in [3.05, 3.63) is 36.7 Å². The minimum absolute atomic E-state index is 0.350. The quantitative estimate of drug-likeness (QED) is 0.533. The highest BCUT2D eigenvalue weighted by molar-refractivity contribution is 7.25. The molecule has 0 saturated carbocycles. The molecular weight excluding hydrogens is 196 g/mol. The zero-order valence-corrected chi connectivity index (χ0v) is 8.75. The molecule has 0 aliphatic carbocycles. The first kappa shape index (κ1) is 10.9. The van der Waals surface area contributed by atoms with E-state index < -0.39 is 7.55 Å². The van der Waals surface area contributed by atoms with Crippen LogP contribution in [0.1, 0.15) is 0 Å². The number of rotatable bonds is 5. The number of hydrogen-bond donors (Lipinski definition) is 1. The van der Waals surface area contributed by atoms with Crippen LogP contribution >= 0.6 is 22.5 Å². The molecule has 5 heteroatoms. The molecule has 0 rings (SSSR count). The van der Waals surface area contributed by atoms with E-state index in [0.717, 1.165) is 0 Å². The van der Waals surface area contributed by atoms with Gasteiger partial charge in [-0.25, -0.2) is 0 Å². The molecule has 0 saturated heterocycles. The third-order valence-corrected chi connectivity index (χ3v) is 4.58. The van der Waals surface area contributed by atoms with Crippen molar-refractivity contribution in [1.29, 1.82) is 0 Å². The fourth-order valence-corrected chi connectivity index (χ4v) is 2.07. The van der Waals surface area contributed by atoms with Gasteiger partial charge in [-0.15, -0.1) is 24.2 Å². The predicted octanol–water partition coefficient (Wildman–Crippen LogP) is 1.77. The van der Waals surface area contributed by atoms with Crippen LogP contribution in [0.3, 0.4) is 0 Å². The summed E-state index contributed by atoms with van der Waals surface area (Å²) in [6.07, 6.45) is 0. The van der Waals surface area contributed by atoms with Crippen molar-refractivity contribution in [2.45, 2.75) is 0 Å². The van der Waals surface area contributed by atoms with Crippen LogP contribution in [0.4, 0.5) is 0 Å². The molecule has 0 unspecified atom stereocenters. The largest absolute Gasteiger partial charge is 0.403 e. The molecule has 0 aromatic rings. The summed E-state index contributed by atoms with van der Waals surface area (Å²) in [6.45, 7) is 11.2. The summed E-state index contributed by atoms with van der Waals surface area (Å²) >= 11 is 11.6. The molecule has 0 amide bonds. The third kappa shape index (κ3) is 3.70. The van der Waals surface area contributed by atoms with E-state index in [9.17, 15) is 0 Å². The topological polar surface area (TPSA) is 12.0 Å². The summed E-state index contributed by atoms with van der Waals surface area (Å²) in [5.74, 6) is 0. The Hall–Kier alpha value is -0.118. The van der Waals surface area contributed by atoms with Gasteiger partial charge in [-0.1, -0.05) is 18.0 Å². The van der Waals surface area contributed by atoms with Gasteiger partial charge < -0.3 is 4.98 Å². The Bertz CT molecular complexity index is 175. The maximum absolute atomic E-state index is 6.05. The fraction of sp³-hybridized carbons (Fsp3) is 0. The van der Waals surface area contributed by atoms with Crippen LogP contribution in [0, 0.1) is 0 Å². The molecule has 0 aromatic carbocycles. The summed E-state index contributed by atoms with van der Waals surface area (Å²) in [5, 5.41) is 0. The van der Waals surface area contributed by atoms with Crippen molar-refractivity contribution in [2.24, 2.45) is 0 Å². The average Bonchev–Trinajstić information content (AvgIpc) is 2.04. The van der Waals surface area contributed by atoms with Gasteiger partial charge in [0.15, 0.2) is 0 Å². The Kier molecular flexibility index (Phi) is 4.65. The highest BCUT2D eigenvalue weighted by Gasteiger charge is 2.22. The van der Waals surface area contributed by atoms with Crippen LogP contribution in [0.15, 0.2) is 36.7 Å². The lowest BCUT2D eigenvalue weighted by atomic mass is 10.1. The summed E-state index contributed by atoms with van der Waals surface area (Å²) in [6, 6.07) is 0. The lowest BCUT2D eigenvalue weighted by Crippen LogP contribution is -2.41. The van der Waals surface area contributed by atoms with Gasteiger partial charge in [0.05, 0.1) is 0 Å². The van der Waals surface area contributed by atoms with Crippen LogP contribution in [0.2, 0.25) is 0 Å². The Morgan fingerprint density at radius 2 is 1.91 bits per heavy atom. The van der Waals surface area contributed by atoms with E-state index in [1.165, 1.54) is 0 Å². The van der Waals surface area contributed by atoms with Crippen molar-refractivity contribution in [2.75, 3.05) is 0 Å². The van der Waals surface area contributed by atoms with E-state index in [-0.39, 0.29) is 0 Å². The van der Waals surface area contributed by atoms with Crippen molar-refractivity contribution in [1.82, 2.24) is 4.98 Å². The van der Waals surface area contributed by atoms with Crippen molar-refractivity contribution in [3.8, 4) is 0 Å². The molecule has 0 aromatic heterocycles. The van der Waals surface area contributed by atoms with Gasteiger partial charge in [0.2, 0.25) is 0 Å². The summed E-state index contributed by atoms with van der Waals surface area (Å²) in [7, 11) is -2.22. The Labute approximate surface area is 78.7 Å². The molecule has 0 heterocycles. The summed E-state index contributed by atoms with van der Waals surface area (Å²) in [4.78, 5) is 2.98. The molecule has 0 radical (unpaired) electrons. The summed E-state index contributed by atoms with van der Waals surface area (Å²) in [5.41, 5.74) is 4.03. The molecule has 0 aliphatic rings. The van der Waals surface area contributed by atoms with E-state index in [4.69, 9.17) is 22.5 Å². The zero-order chi connectivity index (χ0) is 8.91. The van der Waals surface area contributed by atoms with E-state index in [0.29, 0.717) is 12.3 Å². The van der Waals surface area contributed by atoms with Crippen LogP contribution in [0.5, 0.6) is 0 Å². The highest BCUT2D eigenvalue weighted by Crippen LogP contribution is 2.08. The van der Waals surface area contributed by atoms with E-state index in [2.05, 4.69) is 24.7 Å². The Morgan fingerprint density at radius 3 is 2.18 bits per heavy atom. The maximum Gasteiger partial charge on any atom is 0.301 e. The zero-order valence-electron chi connectivity index (χ0n) is 6.24. The van der Waals surface area contributed by atoms with Gasteiger partial charge in [-0.3, -0.25) is 0 Å². The molecule has 0 aliphatic heterocycles. The number of halogens is 2. The van der Waals surface area contributed by atoms with Crippen LogP contribution in [-0.4, -0.2) is 14.2 Å². The van der Waals surface area contributed by atoms with Crippen molar-refractivity contribution in [3.63, 3.8) is 0 Å². The molecule has 0 fully saturated rings. The highest BCUT2D eigenvalue weighted by atomic mass is 35.6. The third-order valence-electron chi connectivity index (χ3n) is 1.12. The lowest BCUT2D eigenvalue weighted by molar-refractivity contribution is 1.30. The van der Waals surface area contributed by atoms with Crippen LogP contribution in [0.25, 0.3) is 0 Å². The first-order valence-corrected chi connectivity index (χ1v) is 6.76. The van der Waals surface area contributed by atoms with E-state index >= 15 is 0 Å². The molecule has 0 spiro atoms.